The van der Waals surface area contributed by atoms with E-state index in [1.807, 2.05) is 24.3 Å². The second kappa shape index (κ2) is 4.25. The molecule has 1 rings (SSSR count). The summed E-state index contributed by atoms with van der Waals surface area (Å²) >= 11 is 2.46. The largest absolute Gasteiger partial charge is 0 e. The van der Waals surface area contributed by atoms with Crippen molar-refractivity contribution in [3.63, 3.8) is 0 Å². The molecule has 1 nitrogen and oxygen atoms in total. The van der Waals surface area contributed by atoms with E-state index in [0.29, 0.717) is 0 Å². The summed E-state index contributed by atoms with van der Waals surface area (Å²) in [5.41, 5.74) is 6.24. The molecule has 0 unspecified atom stereocenters. The molecule has 0 heterocycles. The van der Waals surface area contributed by atoms with Gasteiger partial charge in [-0.15, -0.1) is 0 Å². The Kier molecular flexibility index (Phi) is 4.44. The maximum atomic E-state index is 5.42. The van der Waals surface area contributed by atoms with Crippen LogP contribution in [0.4, 0.5) is 5.69 Å². The SMILES string of the molecule is Nc1ccc([As])cc1.[Sb]. The maximum absolute atomic E-state index is 5.42. The summed E-state index contributed by atoms with van der Waals surface area (Å²) in [6, 6.07) is 7.70. The van der Waals surface area contributed by atoms with E-state index in [9.17, 15) is 0 Å². The van der Waals surface area contributed by atoms with Gasteiger partial charge in [-0.1, -0.05) is 0 Å². The first-order chi connectivity index (χ1) is 3.79. The summed E-state index contributed by atoms with van der Waals surface area (Å²) in [6.07, 6.45) is 0. The van der Waals surface area contributed by atoms with Crippen LogP contribution in [0.2, 0.25) is 0 Å². The van der Waals surface area contributed by atoms with Gasteiger partial charge in [0.05, 0.1) is 0 Å². The second-order valence-corrected chi connectivity index (χ2v) is 2.67. The van der Waals surface area contributed by atoms with Gasteiger partial charge in [0.2, 0.25) is 0 Å². The molecular weight excluding hydrogens is 283 g/mol. The standard InChI is InChI=1S/C6H6AsN.Sb/c7-5-1-3-6(8)4-2-5;/h1-4H,8H2;. The van der Waals surface area contributed by atoms with E-state index in [1.165, 1.54) is 4.35 Å². The molecule has 0 spiro atoms. The number of benzene rings is 1. The minimum Gasteiger partial charge on any atom is 0 e. The zero-order valence-electron chi connectivity index (χ0n) is 4.78. The Labute approximate surface area is 81.0 Å². The molecule has 0 atom stereocenters. The summed E-state index contributed by atoms with van der Waals surface area (Å²) in [4.78, 5) is 0. The van der Waals surface area contributed by atoms with Crippen molar-refractivity contribution < 1.29 is 0 Å². The Morgan fingerprint density at radius 1 is 1.11 bits per heavy atom. The van der Waals surface area contributed by atoms with Crippen molar-refractivity contribution in [3.8, 4) is 0 Å². The number of rotatable bonds is 0. The summed E-state index contributed by atoms with van der Waals surface area (Å²) in [5, 5.41) is 0. The molecule has 0 aliphatic heterocycles. The number of hydrogen-bond acceptors (Lipinski definition) is 1. The number of anilines is 1. The minimum absolute atomic E-state index is 0. The molecule has 9 heavy (non-hydrogen) atoms. The average molecular weight is 289 g/mol. The first kappa shape index (κ1) is 9.40. The molecule has 0 aromatic heterocycles. The molecule has 0 aliphatic carbocycles. The maximum Gasteiger partial charge on any atom is 0 e. The van der Waals surface area contributed by atoms with Crippen molar-refractivity contribution in [3.05, 3.63) is 24.3 Å². The van der Waals surface area contributed by atoms with Crippen LogP contribution in [0.3, 0.4) is 0 Å². The summed E-state index contributed by atoms with van der Waals surface area (Å²) in [7, 11) is 0. The Morgan fingerprint density at radius 2 is 1.56 bits per heavy atom. The van der Waals surface area contributed by atoms with Gasteiger partial charge in [0, 0.05) is 24.4 Å². The third-order valence-corrected chi connectivity index (χ3v) is 1.52. The van der Waals surface area contributed by atoms with Gasteiger partial charge in [0.15, 0.2) is 0 Å². The van der Waals surface area contributed by atoms with Crippen LogP contribution in [0.25, 0.3) is 0 Å². The summed E-state index contributed by atoms with van der Waals surface area (Å²) < 4.78 is 1.19. The molecule has 45 valence electrons. The number of hydrogen-bond donors (Lipinski definition) is 1. The van der Waals surface area contributed by atoms with Gasteiger partial charge in [-0.3, -0.25) is 0 Å². The predicted molar refractivity (Wildman–Crippen MR) is 42.0 cm³/mol. The van der Waals surface area contributed by atoms with Crippen molar-refractivity contribution in [2.75, 3.05) is 5.73 Å². The smallest absolute Gasteiger partial charge is 0 e. The minimum atomic E-state index is 0. The topological polar surface area (TPSA) is 26.0 Å². The van der Waals surface area contributed by atoms with Crippen LogP contribution in [-0.4, -0.2) is 41.3 Å². The molecule has 0 saturated carbocycles. The van der Waals surface area contributed by atoms with E-state index in [4.69, 9.17) is 5.73 Å². The van der Waals surface area contributed by atoms with Crippen molar-refractivity contribution >= 4 is 51.3 Å². The third kappa shape index (κ3) is 3.18. The fourth-order valence-electron chi connectivity index (χ4n) is 0.474. The number of nitrogens with two attached hydrogens (primary N) is 1. The average Bonchev–Trinajstić information content (AvgIpc) is 1.77. The number of nitrogen functional groups attached to an aromatic ring is 1. The van der Waals surface area contributed by atoms with Gasteiger partial charge < -0.3 is 0 Å². The Balaban J connectivity index is 0.000000640. The normalized spacial score (nSPS) is 8.11. The van der Waals surface area contributed by atoms with Crippen LogP contribution in [0.1, 0.15) is 0 Å². The van der Waals surface area contributed by atoms with Crippen LogP contribution < -0.4 is 10.1 Å². The third-order valence-electron chi connectivity index (χ3n) is 0.893. The van der Waals surface area contributed by atoms with E-state index in [1.54, 1.807) is 0 Å². The monoisotopic (exact) mass is 288 g/mol. The molecule has 0 amide bonds. The van der Waals surface area contributed by atoms with Crippen LogP contribution in [0.15, 0.2) is 24.3 Å². The first-order valence-corrected chi connectivity index (χ1v) is 3.27. The molecule has 1 aromatic carbocycles. The predicted octanol–water partition coefficient (Wildman–Crippen LogP) is -0.318. The molecule has 0 bridgehead atoms. The molecule has 3 heteroatoms. The quantitative estimate of drug-likeness (QED) is 0.514. The van der Waals surface area contributed by atoms with Gasteiger partial charge in [-0.2, -0.15) is 0 Å². The van der Waals surface area contributed by atoms with Gasteiger partial charge in [0.25, 0.3) is 0 Å². The van der Waals surface area contributed by atoms with E-state index in [-0.39, 0.29) is 24.4 Å². The zero-order chi connectivity index (χ0) is 5.98. The van der Waals surface area contributed by atoms with Crippen LogP contribution in [-0.2, 0) is 0 Å². The summed E-state index contributed by atoms with van der Waals surface area (Å²) in [6.45, 7) is 0. The van der Waals surface area contributed by atoms with E-state index in [0.717, 1.165) is 5.69 Å². The van der Waals surface area contributed by atoms with E-state index >= 15 is 0 Å². The molecular formula is C6H6AsNSb. The Hall–Kier alpha value is 0.397. The van der Waals surface area contributed by atoms with Gasteiger partial charge in [-0.05, 0) is 0 Å². The van der Waals surface area contributed by atoms with E-state index in [2.05, 4.69) is 16.9 Å². The van der Waals surface area contributed by atoms with Crippen molar-refractivity contribution in [1.82, 2.24) is 0 Å². The van der Waals surface area contributed by atoms with E-state index < -0.39 is 0 Å². The second-order valence-electron chi connectivity index (χ2n) is 1.59. The Morgan fingerprint density at radius 3 is 1.89 bits per heavy atom. The van der Waals surface area contributed by atoms with Gasteiger partial charge in [-0.25, -0.2) is 0 Å². The molecule has 1 aromatic rings. The van der Waals surface area contributed by atoms with Crippen molar-refractivity contribution in [1.29, 1.82) is 0 Å². The molecule has 0 aliphatic rings. The van der Waals surface area contributed by atoms with Crippen molar-refractivity contribution in [2.24, 2.45) is 0 Å². The molecule has 2 N–H and O–H groups in total. The molecule has 5 radical (unpaired) electrons. The molecule has 0 saturated heterocycles. The van der Waals surface area contributed by atoms with Gasteiger partial charge in [0.1, 0.15) is 0 Å². The van der Waals surface area contributed by atoms with Crippen LogP contribution in [0, 0.1) is 0 Å². The zero-order valence-corrected chi connectivity index (χ0v) is 9.21. The van der Waals surface area contributed by atoms with Crippen LogP contribution in [0.5, 0.6) is 0 Å². The van der Waals surface area contributed by atoms with Gasteiger partial charge >= 0.3 is 56.9 Å². The first-order valence-electron chi connectivity index (χ1n) is 2.33. The fraction of sp³-hybridized carbons (Fsp3) is 0. The Bertz CT molecular complexity index is 152. The van der Waals surface area contributed by atoms with Crippen molar-refractivity contribution in [2.45, 2.75) is 0 Å². The fourth-order valence-corrected chi connectivity index (χ4v) is 0.787. The van der Waals surface area contributed by atoms with Crippen LogP contribution >= 0.6 is 0 Å². The molecule has 0 fully saturated rings. The summed E-state index contributed by atoms with van der Waals surface area (Å²) in [5.74, 6) is 0.